The Morgan fingerprint density at radius 3 is 2.66 bits per heavy atom. The van der Waals surface area contributed by atoms with Crippen LogP contribution in [-0.4, -0.2) is 42.8 Å². The number of rotatable bonds is 5. The van der Waals surface area contributed by atoms with Crippen molar-refractivity contribution in [3.63, 3.8) is 0 Å². The molecule has 0 aliphatic carbocycles. The van der Waals surface area contributed by atoms with Gasteiger partial charge in [-0.3, -0.25) is 4.90 Å². The Morgan fingerprint density at radius 1 is 1.14 bits per heavy atom. The number of fused-ring (bicyclic) bond motifs is 1. The molecule has 0 aliphatic heterocycles. The number of nitrogens with zero attached hydrogens (tertiary/aromatic N) is 4. The van der Waals surface area contributed by atoms with Gasteiger partial charge in [0, 0.05) is 17.3 Å². The molecule has 0 amide bonds. The molecule has 29 heavy (non-hydrogen) atoms. The van der Waals surface area contributed by atoms with Crippen LogP contribution in [0.5, 0.6) is 5.75 Å². The third-order valence-electron chi connectivity index (χ3n) is 4.19. The molecule has 0 unspecified atom stereocenters. The van der Waals surface area contributed by atoms with E-state index in [2.05, 4.69) is 33.4 Å². The Labute approximate surface area is 175 Å². The summed E-state index contributed by atoms with van der Waals surface area (Å²) in [5.41, 5.74) is 2.11. The summed E-state index contributed by atoms with van der Waals surface area (Å²) in [5, 5.41) is 23.3. The van der Waals surface area contributed by atoms with Crippen LogP contribution in [0.25, 0.3) is 10.8 Å². The average Bonchev–Trinajstić information content (AvgIpc) is 2.72. The third kappa shape index (κ3) is 4.94. The predicted octanol–water partition coefficient (Wildman–Crippen LogP) is 3.69. The minimum Gasteiger partial charge on any atom is -0.495 e. The molecule has 3 rings (SSSR count). The van der Waals surface area contributed by atoms with E-state index in [1.54, 1.807) is 19.2 Å². The molecule has 2 aromatic carbocycles. The average molecular weight is 406 g/mol. The standard InChI is InChI=1S/C22H20ClN5O/c1-28(2)10-4-5-20-17-8-6-15(13-24)11-18(17)22(27-26-20)25-14-16-7-9-21(29-3)19(23)12-16/h6-9,11-12H,10,14H2,1-3H3,(H,25,27). The smallest absolute Gasteiger partial charge is 0.156 e. The van der Waals surface area contributed by atoms with E-state index in [1.165, 1.54) is 0 Å². The van der Waals surface area contributed by atoms with Crippen molar-refractivity contribution in [3.05, 3.63) is 58.2 Å². The van der Waals surface area contributed by atoms with Crippen molar-refractivity contribution in [3.8, 4) is 23.7 Å². The maximum atomic E-state index is 9.28. The summed E-state index contributed by atoms with van der Waals surface area (Å²) in [6.07, 6.45) is 0. The van der Waals surface area contributed by atoms with E-state index in [0.29, 0.717) is 40.9 Å². The Bertz CT molecular complexity index is 1140. The highest BCUT2D eigenvalue weighted by atomic mass is 35.5. The Kier molecular flexibility index (Phi) is 6.51. The highest BCUT2D eigenvalue weighted by molar-refractivity contribution is 6.32. The summed E-state index contributed by atoms with van der Waals surface area (Å²) < 4.78 is 5.18. The highest BCUT2D eigenvalue weighted by Crippen LogP contribution is 2.27. The monoisotopic (exact) mass is 405 g/mol. The number of methoxy groups -OCH3 is 1. The molecule has 0 radical (unpaired) electrons. The first kappa shape index (κ1) is 20.4. The number of aromatic nitrogens is 2. The van der Waals surface area contributed by atoms with Crippen molar-refractivity contribution in [2.45, 2.75) is 6.54 Å². The summed E-state index contributed by atoms with van der Waals surface area (Å²) in [6.45, 7) is 1.12. The molecular weight excluding hydrogens is 386 g/mol. The van der Waals surface area contributed by atoms with Crippen LogP contribution in [0, 0.1) is 23.2 Å². The van der Waals surface area contributed by atoms with Crippen LogP contribution in [-0.2, 0) is 6.54 Å². The largest absolute Gasteiger partial charge is 0.495 e. The molecule has 0 saturated heterocycles. The van der Waals surface area contributed by atoms with Gasteiger partial charge in [-0.15, -0.1) is 10.2 Å². The molecule has 1 aromatic heterocycles. The number of halogens is 1. The summed E-state index contributed by atoms with van der Waals surface area (Å²) in [6, 6.07) is 13.2. The van der Waals surface area contributed by atoms with Crippen molar-refractivity contribution < 1.29 is 4.74 Å². The fourth-order valence-corrected chi connectivity index (χ4v) is 3.01. The van der Waals surface area contributed by atoms with Crippen molar-refractivity contribution >= 4 is 28.2 Å². The summed E-state index contributed by atoms with van der Waals surface area (Å²) in [4.78, 5) is 1.98. The van der Waals surface area contributed by atoms with E-state index in [-0.39, 0.29) is 0 Å². The summed E-state index contributed by atoms with van der Waals surface area (Å²) >= 11 is 6.20. The topological polar surface area (TPSA) is 74.1 Å². The second-order valence-electron chi connectivity index (χ2n) is 6.63. The number of nitriles is 1. The molecular formula is C22H20ClN5O. The zero-order chi connectivity index (χ0) is 20.8. The molecule has 1 N–H and O–H groups in total. The van der Waals surface area contributed by atoms with Gasteiger partial charge in [0.15, 0.2) is 5.82 Å². The number of nitrogens with one attached hydrogen (secondary N) is 1. The molecule has 7 heteroatoms. The lowest BCUT2D eigenvalue weighted by Crippen LogP contribution is -2.11. The van der Waals surface area contributed by atoms with Gasteiger partial charge >= 0.3 is 0 Å². The minimum atomic E-state index is 0.496. The lowest BCUT2D eigenvalue weighted by molar-refractivity contribution is 0.415. The van der Waals surface area contributed by atoms with Gasteiger partial charge in [-0.1, -0.05) is 29.7 Å². The zero-order valence-electron chi connectivity index (χ0n) is 16.5. The van der Waals surface area contributed by atoms with Crippen molar-refractivity contribution in [1.82, 2.24) is 15.1 Å². The van der Waals surface area contributed by atoms with E-state index >= 15 is 0 Å². The van der Waals surface area contributed by atoms with Crippen LogP contribution >= 0.6 is 11.6 Å². The fraction of sp³-hybridized carbons (Fsp3) is 0.227. The van der Waals surface area contributed by atoms with Gasteiger partial charge < -0.3 is 10.1 Å². The first-order chi connectivity index (χ1) is 14.0. The van der Waals surface area contributed by atoms with Crippen LogP contribution in [0.2, 0.25) is 5.02 Å². The number of hydrogen-bond acceptors (Lipinski definition) is 6. The Morgan fingerprint density at radius 2 is 1.97 bits per heavy atom. The van der Waals surface area contributed by atoms with Gasteiger partial charge in [-0.25, -0.2) is 0 Å². The number of benzene rings is 2. The molecule has 0 saturated carbocycles. The van der Waals surface area contributed by atoms with E-state index in [9.17, 15) is 5.26 Å². The number of hydrogen-bond donors (Lipinski definition) is 1. The second-order valence-corrected chi connectivity index (χ2v) is 7.04. The van der Waals surface area contributed by atoms with Crippen molar-refractivity contribution in [2.24, 2.45) is 0 Å². The molecule has 0 atom stereocenters. The molecule has 3 aromatic rings. The number of ether oxygens (including phenoxy) is 1. The summed E-state index contributed by atoms with van der Waals surface area (Å²) in [7, 11) is 5.49. The third-order valence-corrected chi connectivity index (χ3v) is 4.48. The van der Waals surface area contributed by atoms with Gasteiger partial charge in [0.2, 0.25) is 0 Å². The SMILES string of the molecule is COc1ccc(CNc2nnc(C#CCN(C)C)c3ccc(C#N)cc23)cc1Cl. The van der Waals surface area contributed by atoms with Crippen LogP contribution in [0.15, 0.2) is 36.4 Å². The Balaban J connectivity index is 1.94. The van der Waals surface area contributed by atoms with Gasteiger partial charge in [0.25, 0.3) is 0 Å². The molecule has 6 nitrogen and oxygen atoms in total. The molecule has 1 heterocycles. The minimum absolute atomic E-state index is 0.496. The first-order valence-corrected chi connectivity index (χ1v) is 9.30. The van der Waals surface area contributed by atoms with Crippen molar-refractivity contribution in [1.29, 1.82) is 5.26 Å². The van der Waals surface area contributed by atoms with Crippen LogP contribution in [0.3, 0.4) is 0 Å². The summed E-state index contributed by atoms with van der Waals surface area (Å²) in [5.74, 6) is 7.36. The molecule has 146 valence electrons. The predicted molar refractivity (Wildman–Crippen MR) is 115 cm³/mol. The van der Waals surface area contributed by atoms with E-state index in [1.807, 2.05) is 43.3 Å². The van der Waals surface area contributed by atoms with Gasteiger partial charge in [-0.2, -0.15) is 5.26 Å². The van der Waals surface area contributed by atoms with Crippen LogP contribution in [0.4, 0.5) is 5.82 Å². The molecule has 0 spiro atoms. The second kappa shape index (κ2) is 9.25. The normalized spacial score (nSPS) is 10.3. The van der Waals surface area contributed by atoms with Crippen molar-refractivity contribution in [2.75, 3.05) is 33.1 Å². The molecule has 0 aliphatic rings. The highest BCUT2D eigenvalue weighted by Gasteiger charge is 2.10. The molecule has 0 bridgehead atoms. The van der Waals surface area contributed by atoms with Crippen LogP contribution in [0.1, 0.15) is 16.8 Å². The number of anilines is 1. The molecule has 0 fully saturated rings. The zero-order valence-corrected chi connectivity index (χ0v) is 17.2. The quantitative estimate of drug-likeness (QED) is 0.652. The van der Waals surface area contributed by atoms with E-state index < -0.39 is 0 Å². The lowest BCUT2D eigenvalue weighted by atomic mass is 10.1. The lowest BCUT2D eigenvalue weighted by Gasteiger charge is -2.11. The van der Waals surface area contributed by atoms with Gasteiger partial charge in [-0.05, 0) is 49.8 Å². The van der Waals surface area contributed by atoms with Crippen LogP contribution < -0.4 is 10.1 Å². The van der Waals surface area contributed by atoms with Gasteiger partial charge in [0.05, 0.1) is 30.3 Å². The first-order valence-electron chi connectivity index (χ1n) is 8.92. The van der Waals surface area contributed by atoms with E-state index in [4.69, 9.17) is 16.3 Å². The van der Waals surface area contributed by atoms with E-state index in [0.717, 1.165) is 16.3 Å². The Hall–Kier alpha value is -3.32. The maximum absolute atomic E-state index is 9.28. The van der Waals surface area contributed by atoms with Gasteiger partial charge in [0.1, 0.15) is 11.4 Å². The fourth-order valence-electron chi connectivity index (χ4n) is 2.73. The maximum Gasteiger partial charge on any atom is 0.156 e.